The van der Waals surface area contributed by atoms with Crippen LogP contribution in [0.3, 0.4) is 0 Å². The largest absolute Gasteiger partial charge is 0.384 e. The maximum atomic E-state index is 7.32. The Morgan fingerprint density at radius 2 is 2.25 bits per heavy atom. The number of hydrogen-bond donors (Lipinski definition) is 2. The van der Waals surface area contributed by atoms with E-state index in [1.807, 2.05) is 6.07 Å². The fraction of sp³-hybridized carbons (Fsp3) is 0. The normalized spacial score (nSPS) is 10.4. The van der Waals surface area contributed by atoms with Crippen molar-refractivity contribution in [1.82, 2.24) is 9.78 Å². The van der Waals surface area contributed by atoms with Crippen LogP contribution >= 0.6 is 27.5 Å². The summed E-state index contributed by atoms with van der Waals surface area (Å²) in [5.41, 5.74) is 6.90. The number of benzene rings is 1. The molecule has 6 heteroatoms. The van der Waals surface area contributed by atoms with Crippen LogP contribution in [0.2, 0.25) is 5.02 Å². The fourth-order valence-electron chi connectivity index (χ4n) is 1.29. The topological polar surface area (TPSA) is 67.7 Å². The van der Waals surface area contributed by atoms with Crippen LogP contribution in [0.25, 0.3) is 5.69 Å². The summed E-state index contributed by atoms with van der Waals surface area (Å²) >= 11 is 9.20. The second-order valence-corrected chi connectivity index (χ2v) is 4.47. The average Bonchev–Trinajstić information content (AvgIpc) is 2.64. The van der Waals surface area contributed by atoms with Gasteiger partial charge in [0.25, 0.3) is 0 Å². The second-order valence-electron chi connectivity index (χ2n) is 3.18. The molecule has 0 spiro atoms. The van der Waals surface area contributed by atoms with Gasteiger partial charge in [-0.15, -0.1) is 0 Å². The van der Waals surface area contributed by atoms with Gasteiger partial charge in [0, 0.05) is 16.2 Å². The number of nitrogen functional groups attached to an aromatic ring is 1. The van der Waals surface area contributed by atoms with Crippen molar-refractivity contribution in [3.8, 4) is 5.69 Å². The summed E-state index contributed by atoms with van der Waals surface area (Å²) < 4.78 is 2.45. The lowest BCUT2D eigenvalue weighted by Gasteiger charge is -2.06. The van der Waals surface area contributed by atoms with E-state index in [1.165, 1.54) is 0 Å². The average molecular weight is 300 g/mol. The fourth-order valence-corrected chi connectivity index (χ4v) is 1.99. The van der Waals surface area contributed by atoms with Gasteiger partial charge in [-0.3, -0.25) is 5.41 Å². The number of nitrogens with one attached hydrogen (secondary N) is 1. The standard InChI is InChI=1S/C10H8BrClN4/c11-8-3-6(10(13)14)1-2-9(8)16-5-7(12)4-15-16/h1-5H,(H3,13,14). The highest BCUT2D eigenvalue weighted by molar-refractivity contribution is 9.10. The lowest BCUT2D eigenvalue weighted by molar-refractivity contribution is 0.876. The van der Waals surface area contributed by atoms with Gasteiger partial charge in [-0.1, -0.05) is 11.6 Å². The summed E-state index contributed by atoms with van der Waals surface area (Å²) in [6.07, 6.45) is 3.27. The lowest BCUT2D eigenvalue weighted by atomic mass is 10.2. The van der Waals surface area contributed by atoms with Gasteiger partial charge in [-0.05, 0) is 34.1 Å². The molecule has 0 aliphatic heterocycles. The summed E-state index contributed by atoms with van der Waals surface area (Å²) in [7, 11) is 0. The molecule has 2 aromatic rings. The number of aromatic nitrogens is 2. The van der Waals surface area contributed by atoms with Crippen LogP contribution in [0, 0.1) is 5.41 Å². The van der Waals surface area contributed by atoms with Crippen molar-refractivity contribution >= 4 is 33.4 Å². The Kier molecular flexibility index (Phi) is 2.98. The predicted molar refractivity (Wildman–Crippen MR) is 67.3 cm³/mol. The minimum absolute atomic E-state index is 0.0331. The molecule has 1 heterocycles. The molecule has 0 aliphatic rings. The highest BCUT2D eigenvalue weighted by Gasteiger charge is 2.06. The SMILES string of the molecule is N=C(N)c1ccc(-n2cc(Cl)cn2)c(Br)c1. The molecule has 0 radical (unpaired) electrons. The number of amidine groups is 1. The van der Waals surface area contributed by atoms with E-state index in [0.29, 0.717) is 10.6 Å². The Hall–Kier alpha value is -1.33. The molecule has 1 aromatic heterocycles. The van der Waals surface area contributed by atoms with Crippen molar-refractivity contribution in [3.63, 3.8) is 0 Å². The van der Waals surface area contributed by atoms with Gasteiger partial charge in [0.05, 0.1) is 16.9 Å². The summed E-state index contributed by atoms with van der Waals surface area (Å²) in [5, 5.41) is 12.0. The Morgan fingerprint density at radius 1 is 1.50 bits per heavy atom. The molecule has 0 bridgehead atoms. The second kappa shape index (κ2) is 4.27. The molecule has 0 amide bonds. The highest BCUT2D eigenvalue weighted by atomic mass is 79.9. The number of hydrogen-bond acceptors (Lipinski definition) is 2. The van der Waals surface area contributed by atoms with Crippen molar-refractivity contribution in [2.24, 2.45) is 5.73 Å². The van der Waals surface area contributed by atoms with E-state index >= 15 is 0 Å². The molecular formula is C10H8BrClN4. The minimum Gasteiger partial charge on any atom is -0.384 e. The Balaban J connectivity index is 2.47. The van der Waals surface area contributed by atoms with Crippen LogP contribution in [-0.2, 0) is 0 Å². The van der Waals surface area contributed by atoms with Crippen molar-refractivity contribution in [2.75, 3.05) is 0 Å². The molecule has 4 nitrogen and oxygen atoms in total. The van der Waals surface area contributed by atoms with Gasteiger partial charge < -0.3 is 5.73 Å². The first-order valence-electron chi connectivity index (χ1n) is 4.42. The van der Waals surface area contributed by atoms with Crippen LogP contribution in [0.4, 0.5) is 0 Å². The highest BCUT2D eigenvalue weighted by Crippen LogP contribution is 2.23. The zero-order valence-electron chi connectivity index (χ0n) is 8.11. The summed E-state index contributed by atoms with van der Waals surface area (Å²) in [6, 6.07) is 5.36. The van der Waals surface area contributed by atoms with Crippen LogP contribution in [0.1, 0.15) is 5.56 Å². The molecule has 0 unspecified atom stereocenters. The van der Waals surface area contributed by atoms with Gasteiger partial charge >= 0.3 is 0 Å². The van der Waals surface area contributed by atoms with Crippen LogP contribution in [0.15, 0.2) is 35.1 Å². The molecule has 0 aliphatic carbocycles. The van der Waals surface area contributed by atoms with E-state index in [1.54, 1.807) is 29.2 Å². The van der Waals surface area contributed by atoms with Gasteiger partial charge in [0.1, 0.15) is 5.84 Å². The van der Waals surface area contributed by atoms with E-state index in [9.17, 15) is 0 Å². The number of nitrogens with zero attached hydrogens (tertiary/aromatic N) is 2. The monoisotopic (exact) mass is 298 g/mol. The third kappa shape index (κ3) is 2.10. The van der Waals surface area contributed by atoms with Crippen LogP contribution in [0.5, 0.6) is 0 Å². The van der Waals surface area contributed by atoms with Crippen LogP contribution < -0.4 is 5.73 Å². The molecule has 0 saturated heterocycles. The van der Waals surface area contributed by atoms with Gasteiger partial charge in [0.2, 0.25) is 0 Å². The molecular weight excluding hydrogens is 291 g/mol. The van der Waals surface area contributed by atoms with Crippen molar-refractivity contribution in [1.29, 1.82) is 5.41 Å². The molecule has 0 saturated carbocycles. The third-order valence-electron chi connectivity index (χ3n) is 2.06. The lowest BCUT2D eigenvalue weighted by Crippen LogP contribution is -2.11. The first-order valence-corrected chi connectivity index (χ1v) is 5.59. The van der Waals surface area contributed by atoms with Crippen molar-refractivity contribution < 1.29 is 0 Å². The third-order valence-corrected chi connectivity index (χ3v) is 2.89. The molecule has 0 fully saturated rings. The van der Waals surface area contributed by atoms with E-state index in [2.05, 4.69) is 21.0 Å². The molecule has 82 valence electrons. The molecule has 16 heavy (non-hydrogen) atoms. The molecule has 2 rings (SSSR count). The first kappa shape index (κ1) is 11.2. The zero-order chi connectivity index (χ0) is 11.7. The summed E-state index contributed by atoms with van der Waals surface area (Å²) in [5.74, 6) is 0.0331. The number of nitrogens with two attached hydrogens (primary N) is 1. The van der Waals surface area contributed by atoms with Crippen molar-refractivity contribution in [3.05, 3.63) is 45.7 Å². The minimum atomic E-state index is 0.0331. The molecule has 1 aromatic carbocycles. The maximum absolute atomic E-state index is 7.32. The maximum Gasteiger partial charge on any atom is 0.122 e. The summed E-state index contributed by atoms with van der Waals surface area (Å²) in [6.45, 7) is 0. The number of rotatable bonds is 2. The zero-order valence-corrected chi connectivity index (χ0v) is 10.5. The van der Waals surface area contributed by atoms with Gasteiger partial charge in [0.15, 0.2) is 0 Å². The smallest absolute Gasteiger partial charge is 0.122 e. The quantitative estimate of drug-likeness (QED) is 0.661. The molecule has 3 N–H and O–H groups in total. The van der Waals surface area contributed by atoms with E-state index < -0.39 is 0 Å². The van der Waals surface area contributed by atoms with Crippen LogP contribution in [-0.4, -0.2) is 15.6 Å². The number of halogens is 2. The predicted octanol–water partition coefficient (Wildman–Crippen LogP) is 2.57. The van der Waals surface area contributed by atoms with Gasteiger partial charge in [-0.25, -0.2) is 4.68 Å². The first-order chi connectivity index (χ1) is 7.58. The molecule has 0 atom stereocenters. The Bertz CT molecular complexity index is 550. The van der Waals surface area contributed by atoms with E-state index in [-0.39, 0.29) is 5.84 Å². The van der Waals surface area contributed by atoms with Crippen molar-refractivity contribution in [2.45, 2.75) is 0 Å². The van der Waals surface area contributed by atoms with E-state index in [4.69, 9.17) is 22.7 Å². The Labute approximate surface area is 106 Å². The van der Waals surface area contributed by atoms with E-state index in [0.717, 1.165) is 10.2 Å². The summed E-state index contributed by atoms with van der Waals surface area (Å²) in [4.78, 5) is 0. The van der Waals surface area contributed by atoms with Gasteiger partial charge in [-0.2, -0.15) is 5.10 Å². The Morgan fingerprint density at radius 3 is 2.75 bits per heavy atom.